The van der Waals surface area contributed by atoms with Crippen LogP contribution in [0.5, 0.6) is 0 Å². The molecule has 9 heteroatoms. The van der Waals surface area contributed by atoms with Gasteiger partial charge in [0, 0.05) is 27.3 Å². The van der Waals surface area contributed by atoms with E-state index >= 15 is 0 Å². The first-order valence-electron chi connectivity index (χ1n) is 6.35. The van der Waals surface area contributed by atoms with Crippen LogP contribution in [0.3, 0.4) is 0 Å². The van der Waals surface area contributed by atoms with E-state index in [1.165, 1.54) is 17.3 Å². The molecule has 0 radical (unpaired) electrons. The van der Waals surface area contributed by atoms with Crippen LogP contribution < -0.4 is 10.6 Å². The van der Waals surface area contributed by atoms with Gasteiger partial charge in [0.2, 0.25) is 11.9 Å². The van der Waals surface area contributed by atoms with Gasteiger partial charge in [0.1, 0.15) is 12.7 Å². The summed E-state index contributed by atoms with van der Waals surface area (Å²) in [6, 6.07) is 0. The van der Waals surface area contributed by atoms with Crippen LogP contribution in [0.4, 0.5) is 11.9 Å². The average Bonchev–Trinajstić information content (AvgIpc) is 3.01. The lowest BCUT2D eigenvalue weighted by molar-refractivity contribution is 0.193. The summed E-state index contributed by atoms with van der Waals surface area (Å²) in [4.78, 5) is 16.6. The topological polar surface area (TPSA) is 103 Å². The first kappa shape index (κ1) is 14.1. The molecular formula is C11H18N8O. The van der Waals surface area contributed by atoms with E-state index in [0.29, 0.717) is 17.8 Å². The molecular weight excluding hydrogens is 260 g/mol. The molecule has 9 nitrogen and oxygen atoms in total. The number of anilines is 2. The molecule has 2 heterocycles. The molecule has 2 aromatic heterocycles. The smallest absolute Gasteiger partial charge is 0.258 e. The van der Waals surface area contributed by atoms with Gasteiger partial charge < -0.3 is 15.4 Å². The highest BCUT2D eigenvalue weighted by atomic mass is 16.5. The Morgan fingerprint density at radius 2 is 2.05 bits per heavy atom. The molecule has 0 fully saturated rings. The van der Waals surface area contributed by atoms with Crippen LogP contribution in [-0.2, 0) is 4.74 Å². The van der Waals surface area contributed by atoms with Crippen molar-refractivity contribution in [3.05, 3.63) is 12.7 Å². The Balaban J connectivity index is 2.03. The number of unbranched alkanes of at least 4 members (excludes halogenated alkanes) is 1. The summed E-state index contributed by atoms with van der Waals surface area (Å²) in [5, 5.41) is 10.1. The lowest BCUT2D eigenvalue weighted by Gasteiger charge is -2.08. The molecule has 0 amide bonds. The lowest BCUT2D eigenvalue weighted by atomic mass is 10.3. The van der Waals surface area contributed by atoms with Crippen molar-refractivity contribution in [1.29, 1.82) is 0 Å². The van der Waals surface area contributed by atoms with E-state index in [1.54, 1.807) is 14.2 Å². The molecule has 2 aromatic rings. The number of aromatic nitrogens is 6. The zero-order chi connectivity index (χ0) is 14.2. The zero-order valence-corrected chi connectivity index (χ0v) is 11.6. The summed E-state index contributed by atoms with van der Waals surface area (Å²) in [6.07, 6.45) is 4.94. The summed E-state index contributed by atoms with van der Waals surface area (Å²) < 4.78 is 6.49. The molecule has 0 aliphatic carbocycles. The maximum absolute atomic E-state index is 5.00. The maximum Gasteiger partial charge on any atom is 0.258 e. The van der Waals surface area contributed by atoms with Crippen molar-refractivity contribution in [1.82, 2.24) is 29.7 Å². The van der Waals surface area contributed by atoms with E-state index in [0.717, 1.165) is 26.0 Å². The summed E-state index contributed by atoms with van der Waals surface area (Å²) in [5.41, 5.74) is 0. The molecule has 108 valence electrons. The fourth-order valence-corrected chi connectivity index (χ4v) is 1.54. The van der Waals surface area contributed by atoms with Crippen LogP contribution >= 0.6 is 0 Å². The van der Waals surface area contributed by atoms with Crippen molar-refractivity contribution in [2.45, 2.75) is 12.8 Å². The second-order valence-corrected chi connectivity index (χ2v) is 4.00. The quantitative estimate of drug-likeness (QED) is 0.666. The zero-order valence-electron chi connectivity index (χ0n) is 11.6. The van der Waals surface area contributed by atoms with Crippen LogP contribution in [0, 0.1) is 0 Å². The lowest BCUT2D eigenvalue weighted by Crippen LogP contribution is -2.12. The Morgan fingerprint density at radius 1 is 1.20 bits per heavy atom. The van der Waals surface area contributed by atoms with E-state index < -0.39 is 0 Å². The van der Waals surface area contributed by atoms with Gasteiger partial charge in [0.15, 0.2) is 0 Å². The van der Waals surface area contributed by atoms with Crippen LogP contribution in [-0.4, -0.2) is 57.0 Å². The van der Waals surface area contributed by atoms with Gasteiger partial charge in [-0.25, -0.2) is 4.98 Å². The van der Waals surface area contributed by atoms with E-state index in [-0.39, 0.29) is 0 Å². The Bertz CT molecular complexity index is 515. The summed E-state index contributed by atoms with van der Waals surface area (Å²) >= 11 is 0. The molecule has 0 aliphatic heterocycles. The molecule has 0 aliphatic rings. The van der Waals surface area contributed by atoms with Crippen molar-refractivity contribution < 1.29 is 4.74 Å². The predicted octanol–water partition coefficient (Wildman–Crippen LogP) is 0.332. The van der Waals surface area contributed by atoms with Crippen molar-refractivity contribution >= 4 is 11.9 Å². The highest BCUT2D eigenvalue weighted by Crippen LogP contribution is 2.07. The fraction of sp³-hybridized carbons (Fsp3) is 0.545. The minimum atomic E-state index is 0.418. The summed E-state index contributed by atoms with van der Waals surface area (Å²) in [6.45, 7) is 1.53. The maximum atomic E-state index is 5.00. The second kappa shape index (κ2) is 7.34. The van der Waals surface area contributed by atoms with Gasteiger partial charge in [0.05, 0.1) is 0 Å². The molecule has 2 rings (SSSR count). The van der Waals surface area contributed by atoms with E-state index in [4.69, 9.17) is 4.74 Å². The summed E-state index contributed by atoms with van der Waals surface area (Å²) in [5.74, 6) is 1.40. The molecule has 0 saturated heterocycles. The van der Waals surface area contributed by atoms with Crippen LogP contribution in [0.15, 0.2) is 12.7 Å². The minimum Gasteiger partial charge on any atom is -0.385 e. The Labute approximate surface area is 116 Å². The van der Waals surface area contributed by atoms with Crippen LogP contribution in [0.25, 0.3) is 5.95 Å². The van der Waals surface area contributed by atoms with Gasteiger partial charge in [-0.1, -0.05) is 0 Å². The number of nitrogens with zero attached hydrogens (tertiary/aromatic N) is 6. The number of nitrogens with one attached hydrogen (secondary N) is 2. The normalized spacial score (nSPS) is 10.5. The Kier molecular flexibility index (Phi) is 5.18. The first-order chi connectivity index (χ1) is 9.83. The Morgan fingerprint density at radius 3 is 2.75 bits per heavy atom. The van der Waals surface area contributed by atoms with Gasteiger partial charge >= 0.3 is 0 Å². The predicted molar refractivity (Wildman–Crippen MR) is 73.9 cm³/mol. The molecule has 0 saturated carbocycles. The number of rotatable bonds is 8. The van der Waals surface area contributed by atoms with Crippen molar-refractivity contribution in [2.24, 2.45) is 0 Å². The molecule has 20 heavy (non-hydrogen) atoms. The number of hydrogen-bond donors (Lipinski definition) is 2. The molecule has 0 aromatic carbocycles. The van der Waals surface area contributed by atoms with E-state index in [9.17, 15) is 0 Å². The second-order valence-electron chi connectivity index (χ2n) is 4.00. The van der Waals surface area contributed by atoms with Gasteiger partial charge in [-0.15, -0.1) is 0 Å². The third-order valence-corrected chi connectivity index (χ3v) is 2.53. The van der Waals surface area contributed by atoms with E-state index in [2.05, 4.69) is 35.7 Å². The van der Waals surface area contributed by atoms with Gasteiger partial charge in [-0.3, -0.25) is 0 Å². The minimum absolute atomic E-state index is 0.418. The molecule has 0 atom stereocenters. The standard InChI is InChI=1S/C11H18N8O/c1-12-9-16-10(14-5-3-4-6-20-2)18-11(17-9)19-8-13-7-15-19/h7-8H,3-6H2,1-2H3,(H2,12,14,16,17,18). The third-order valence-electron chi connectivity index (χ3n) is 2.53. The fourth-order valence-electron chi connectivity index (χ4n) is 1.54. The summed E-state index contributed by atoms with van der Waals surface area (Å²) in [7, 11) is 3.45. The molecule has 2 N–H and O–H groups in total. The van der Waals surface area contributed by atoms with Crippen molar-refractivity contribution in [3.63, 3.8) is 0 Å². The number of methoxy groups -OCH3 is 1. The highest BCUT2D eigenvalue weighted by Gasteiger charge is 2.07. The van der Waals surface area contributed by atoms with Crippen molar-refractivity contribution in [3.8, 4) is 5.95 Å². The van der Waals surface area contributed by atoms with Crippen LogP contribution in [0.2, 0.25) is 0 Å². The molecule has 0 spiro atoms. The van der Waals surface area contributed by atoms with E-state index in [1.807, 2.05) is 0 Å². The Hall–Kier alpha value is -2.29. The monoisotopic (exact) mass is 278 g/mol. The van der Waals surface area contributed by atoms with Gasteiger partial charge in [0.25, 0.3) is 5.95 Å². The average molecular weight is 278 g/mol. The molecule has 0 bridgehead atoms. The van der Waals surface area contributed by atoms with Crippen molar-refractivity contribution in [2.75, 3.05) is 37.9 Å². The van der Waals surface area contributed by atoms with Crippen LogP contribution in [0.1, 0.15) is 12.8 Å². The highest BCUT2D eigenvalue weighted by molar-refractivity contribution is 5.37. The third kappa shape index (κ3) is 3.85. The number of ether oxygens (including phenoxy) is 1. The number of hydrogen-bond acceptors (Lipinski definition) is 8. The SMILES string of the molecule is CNc1nc(NCCCCOC)nc(-n2cncn2)n1. The van der Waals surface area contributed by atoms with Gasteiger partial charge in [-0.2, -0.15) is 24.7 Å². The van der Waals surface area contributed by atoms with Gasteiger partial charge in [-0.05, 0) is 12.8 Å². The molecule has 0 unspecified atom stereocenters. The first-order valence-corrected chi connectivity index (χ1v) is 6.35. The largest absolute Gasteiger partial charge is 0.385 e.